The highest BCUT2D eigenvalue weighted by atomic mass is 16.5. The summed E-state index contributed by atoms with van der Waals surface area (Å²) >= 11 is 0. The van der Waals surface area contributed by atoms with Gasteiger partial charge in [-0.2, -0.15) is 0 Å². The van der Waals surface area contributed by atoms with Gasteiger partial charge in [0.05, 0.1) is 13.2 Å². The van der Waals surface area contributed by atoms with Crippen molar-refractivity contribution < 1.29 is 14.3 Å². The number of hydrogen-bond acceptors (Lipinski definition) is 3. The topological polar surface area (TPSA) is 47.6 Å². The Balaban J connectivity index is 2.79. The van der Waals surface area contributed by atoms with Gasteiger partial charge in [0.1, 0.15) is 0 Å². The zero-order valence-corrected chi connectivity index (χ0v) is 12.2. The Morgan fingerprint density at radius 1 is 1.16 bits per heavy atom. The van der Waals surface area contributed by atoms with Gasteiger partial charge in [-0.3, -0.25) is 4.79 Å². The average molecular weight is 265 g/mol. The summed E-state index contributed by atoms with van der Waals surface area (Å²) in [6.45, 7) is 9.02. The molecule has 0 saturated heterocycles. The summed E-state index contributed by atoms with van der Waals surface area (Å²) in [5, 5.41) is 2.87. The van der Waals surface area contributed by atoms with Gasteiger partial charge < -0.3 is 14.8 Å². The van der Waals surface area contributed by atoms with E-state index in [1.54, 1.807) is 6.07 Å². The van der Waals surface area contributed by atoms with Gasteiger partial charge in [-0.1, -0.05) is 13.8 Å². The Bertz CT molecular complexity index is 416. The summed E-state index contributed by atoms with van der Waals surface area (Å²) in [6, 6.07) is 5.44. The summed E-state index contributed by atoms with van der Waals surface area (Å²) in [5.41, 5.74) is 0.734. The van der Waals surface area contributed by atoms with Crippen molar-refractivity contribution in [2.24, 2.45) is 5.92 Å². The molecule has 0 aliphatic carbocycles. The number of anilines is 1. The molecule has 0 heterocycles. The molecule has 1 rings (SSSR count). The molecule has 0 aromatic heterocycles. The van der Waals surface area contributed by atoms with Crippen LogP contribution in [0.1, 0.15) is 34.1 Å². The lowest BCUT2D eigenvalue weighted by atomic mass is 10.1. The number of amides is 1. The van der Waals surface area contributed by atoms with Gasteiger partial charge in [-0.25, -0.2) is 0 Å². The minimum Gasteiger partial charge on any atom is -0.490 e. The monoisotopic (exact) mass is 265 g/mol. The maximum atomic E-state index is 11.7. The molecule has 0 aliphatic rings. The number of rotatable bonds is 7. The Labute approximate surface area is 115 Å². The zero-order chi connectivity index (χ0) is 14.3. The molecule has 0 spiro atoms. The molecule has 0 unspecified atom stereocenters. The number of ether oxygens (including phenoxy) is 2. The lowest BCUT2D eigenvalue weighted by Crippen LogP contribution is -2.14. The first kappa shape index (κ1) is 15.3. The molecule has 1 aromatic carbocycles. The molecule has 0 atom stereocenters. The van der Waals surface area contributed by atoms with E-state index >= 15 is 0 Å². The van der Waals surface area contributed by atoms with Gasteiger partial charge in [0, 0.05) is 18.2 Å². The quantitative estimate of drug-likeness (QED) is 0.821. The van der Waals surface area contributed by atoms with Crippen LogP contribution in [-0.2, 0) is 4.79 Å². The molecule has 0 bridgehead atoms. The second-order valence-electron chi connectivity index (χ2n) is 4.67. The molecular formula is C15H23NO3. The van der Waals surface area contributed by atoms with Crippen LogP contribution in [0.3, 0.4) is 0 Å². The lowest BCUT2D eigenvalue weighted by molar-refractivity contribution is -0.116. The third-order valence-corrected chi connectivity index (χ3v) is 2.42. The highest BCUT2D eigenvalue weighted by Gasteiger charge is 2.09. The van der Waals surface area contributed by atoms with Gasteiger partial charge in [0.15, 0.2) is 11.5 Å². The van der Waals surface area contributed by atoms with Crippen molar-refractivity contribution in [1.29, 1.82) is 0 Å². The van der Waals surface area contributed by atoms with E-state index < -0.39 is 0 Å². The van der Waals surface area contributed by atoms with Gasteiger partial charge in [0.25, 0.3) is 0 Å². The van der Waals surface area contributed by atoms with E-state index in [1.165, 1.54) is 0 Å². The number of nitrogens with one attached hydrogen (secondary N) is 1. The molecule has 19 heavy (non-hydrogen) atoms. The van der Waals surface area contributed by atoms with Crippen LogP contribution in [0.5, 0.6) is 11.5 Å². The Kier molecular flexibility index (Phi) is 6.19. The fourth-order valence-electron chi connectivity index (χ4n) is 1.71. The smallest absolute Gasteiger partial charge is 0.224 e. The van der Waals surface area contributed by atoms with Crippen LogP contribution in [0.15, 0.2) is 18.2 Å². The normalized spacial score (nSPS) is 10.4. The van der Waals surface area contributed by atoms with E-state index in [2.05, 4.69) is 5.32 Å². The van der Waals surface area contributed by atoms with Gasteiger partial charge in [-0.05, 0) is 31.9 Å². The number of benzene rings is 1. The maximum Gasteiger partial charge on any atom is 0.224 e. The van der Waals surface area contributed by atoms with Crippen molar-refractivity contribution >= 4 is 11.6 Å². The predicted molar refractivity (Wildman–Crippen MR) is 76.9 cm³/mol. The molecule has 0 fully saturated rings. The first-order valence-electron chi connectivity index (χ1n) is 6.76. The predicted octanol–water partition coefficient (Wildman–Crippen LogP) is 3.47. The van der Waals surface area contributed by atoms with Gasteiger partial charge >= 0.3 is 0 Å². The summed E-state index contributed by atoms with van der Waals surface area (Å²) in [4.78, 5) is 11.7. The Morgan fingerprint density at radius 3 is 2.37 bits per heavy atom. The van der Waals surface area contributed by atoms with E-state index in [-0.39, 0.29) is 5.91 Å². The number of hydrogen-bond donors (Lipinski definition) is 1. The van der Waals surface area contributed by atoms with E-state index in [4.69, 9.17) is 9.47 Å². The molecule has 1 amide bonds. The molecule has 0 aliphatic heterocycles. The van der Waals surface area contributed by atoms with E-state index in [1.807, 2.05) is 39.8 Å². The molecule has 1 N–H and O–H groups in total. The third-order valence-electron chi connectivity index (χ3n) is 2.42. The van der Waals surface area contributed by atoms with Crippen LogP contribution < -0.4 is 14.8 Å². The van der Waals surface area contributed by atoms with Crippen molar-refractivity contribution in [3.8, 4) is 11.5 Å². The fourth-order valence-corrected chi connectivity index (χ4v) is 1.71. The summed E-state index contributed by atoms with van der Waals surface area (Å²) in [5.74, 6) is 1.72. The first-order valence-corrected chi connectivity index (χ1v) is 6.76. The first-order chi connectivity index (χ1) is 9.06. The molecule has 1 aromatic rings. The Morgan fingerprint density at radius 2 is 1.79 bits per heavy atom. The SMILES string of the molecule is CCOc1ccc(NC(=O)CC(C)C)cc1OCC. The van der Waals surface area contributed by atoms with Gasteiger partial charge in [0.2, 0.25) is 5.91 Å². The second kappa shape index (κ2) is 7.67. The molecular weight excluding hydrogens is 242 g/mol. The minimum absolute atomic E-state index is 0.0154. The van der Waals surface area contributed by atoms with Crippen LogP contribution in [0.2, 0.25) is 0 Å². The van der Waals surface area contributed by atoms with Crippen LogP contribution >= 0.6 is 0 Å². The second-order valence-corrected chi connectivity index (χ2v) is 4.67. The summed E-state index contributed by atoms with van der Waals surface area (Å²) in [7, 11) is 0. The highest BCUT2D eigenvalue weighted by Crippen LogP contribution is 2.30. The third kappa shape index (κ3) is 5.20. The van der Waals surface area contributed by atoms with E-state index in [0.717, 1.165) is 5.69 Å². The van der Waals surface area contributed by atoms with Crippen LogP contribution in [0.25, 0.3) is 0 Å². The molecule has 4 nitrogen and oxygen atoms in total. The maximum absolute atomic E-state index is 11.7. The Hall–Kier alpha value is -1.71. The molecule has 0 radical (unpaired) electrons. The average Bonchev–Trinajstić information content (AvgIpc) is 2.32. The summed E-state index contributed by atoms with van der Waals surface area (Å²) in [6.07, 6.45) is 0.511. The molecule has 0 saturated carbocycles. The molecule has 106 valence electrons. The van der Waals surface area contributed by atoms with Crippen molar-refractivity contribution in [2.75, 3.05) is 18.5 Å². The van der Waals surface area contributed by atoms with E-state index in [9.17, 15) is 4.79 Å². The molecule has 4 heteroatoms. The standard InChI is InChI=1S/C15H23NO3/c1-5-18-13-8-7-12(10-14(13)19-6-2)16-15(17)9-11(3)4/h7-8,10-11H,5-6,9H2,1-4H3,(H,16,17). The fraction of sp³-hybridized carbons (Fsp3) is 0.533. The highest BCUT2D eigenvalue weighted by molar-refractivity contribution is 5.91. The van der Waals surface area contributed by atoms with Crippen molar-refractivity contribution in [2.45, 2.75) is 34.1 Å². The lowest BCUT2D eigenvalue weighted by Gasteiger charge is -2.13. The zero-order valence-electron chi connectivity index (χ0n) is 12.2. The van der Waals surface area contributed by atoms with Gasteiger partial charge in [-0.15, -0.1) is 0 Å². The largest absolute Gasteiger partial charge is 0.490 e. The van der Waals surface area contributed by atoms with Crippen molar-refractivity contribution in [1.82, 2.24) is 0 Å². The number of carbonyl (C=O) groups is 1. The van der Waals surface area contributed by atoms with E-state index in [0.29, 0.717) is 37.1 Å². The number of carbonyl (C=O) groups excluding carboxylic acids is 1. The van der Waals surface area contributed by atoms with Crippen molar-refractivity contribution in [3.63, 3.8) is 0 Å². The van der Waals surface area contributed by atoms with Crippen LogP contribution in [0, 0.1) is 5.92 Å². The minimum atomic E-state index is 0.0154. The van der Waals surface area contributed by atoms with Crippen LogP contribution in [-0.4, -0.2) is 19.1 Å². The summed E-state index contributed by atoms with van der Waals surface area (Å²) < 4.78 is 11.0. The van der Waals surface area contributed by atoms with Crippen LogP contribution in [0.4, 0.5) is 5.69 Å². The van der Waals surface area contributed by atoms with Crippen molar-refractivity contribution in [3.05, 3.63) is 18.2 Å².